The number of nitrogens with zero attached hydrogens (tertiary/aromatic N) is 2. The van der Waals surface area contributed by atoms with Gasteiger partial charge in [0.25, 0.3) is 0 Å². The normalized spacial score (nSPS) is 17.7. The van der Waals surface area contributed by atoms with Crippen molar-refractivity contribution in [3.05, 3.63) is 53.8 Å². The fourth-order valence-electron chi connectivity index (χ4n) is 2.60. The first-order valence-electron chi connectivity index (χ1n) is 6.93. The second-order valence-corrected chi connectivity index (χ2v) is 5.25. The van der Waals surface area contributed by atoms with Gasteiger partial charge in [0.1, 0.15) is 5.76 Å². The topological polar surface area (TPSA) is 61.9 Å². The Hall–Kier alpha value is -2.75. The zero-order valence-corrected chi connectivity index (χ0v) is 11.9. The standard InChI is InChI=1S/C16H12F3N3O/c17-16(18,19)14-6-13(4-2-11(14)7-20)22-12-3-1-10(5-12)15-8-21-9-23-15/h1-2,4,6,8-9,12,22H,3,5H2. The van der Waals surface area contributed by atoms with Gasteiger partial charge in [-0.1, -0.05) is 6.08 Å². The maximum absolute atomic E-state index is 13.0. The number of halogens is 3. The minimum atomic E-state index is -4.55. The first-order valence-corrected chi connectivity index (χ1v) is 6.93. The lowest BCUT2D eigenvalue weighted by atomic mass is 10.1. The molecule has 1 heterocycles. The van der Waals surface area contributed by atoms with Crippen LogP contribution in [-0.2, 0) is 6.18 Å². The molecule has 0 aliphatic heterocycles. The van der Waals surface area contributed by atoms with Gasteiger partial charge in [-0.25, -0.2) is 4.98 Å². The predicted molar refractivity (Wildman–Crippen MR) is 77.3 cm³/mol. The van der Waals surface area contributed by atoms with E-state index in [-0.39, 0.29) is 11.6 Å². The molecule has 1 aliphatic rings. The number of nitrogens with one attached hydrogen (secondary N) is 1. The van der Waals surface area contributed by atoms with E-state index in [0.29, 0.717) is 24.3 Å². The van der Waals surface area contributed by atoms with Gasteiger partial charge in [-0.05, 0) is 36.6 Å². The molecular weight excluding hydrogens is 307 g/mol. The molecule has 1 atom stereocenters. The van der Waals surface area contributed by atoms with E-state index in [1.807, 2.05) is 6.08 Å². The predicted octanol–water partition coefficient (Wildman–Crippen LogP) is 4.22. The number of hydrogen-bond donors (Lipinski definition) is 1. The van der Waals surface area contributed by atoms with Crippen molar-refractivity contribution in [3.8, 4) is 6.07 Å². The van der Waals surface area contributed by atoms with Crippen molar-refractivity contribution in [2.75, 3.05) is 5.32 Å². The van der Waals surface area contributed by atoms with E-state index in [1.54, 1.807) is 12.3 Å². The SMILES string of the molecule is N#Cc1ccc(NC2CC=C(c3cnco3)C2)cc1C(F)(F)F. The fourth-order valence-corrected chi connectivity index (χ4v) is 2.60. The van der Waals surface area contributed by atoms with Crippen LogP contribution < -0.4 is 5.32 Å². The molecular formula is C16H12F3N3O. The number of rotatable bonds is 3. The van der Waals surface area contributed by atoms with Crippen molar-refractivity contribution in [3.63, 3.8) is 0 Å². The quantitative estimate of drug-likeness (QED) is 0.920. The minimum absolute atomic E-state index is 0.0240. The summed E-state index contributed by atoms with van der Waals surface area (Å²) in [5, 5.41) is 11.9. The maximum atomic E-state index is 13.0. The van der Waals surface area contributed by atoms with Gasteiger partial charge in [0, 0.05) is 11.7 Å². The fraction of sp³-hybridized carbons (Fsp3) is 0.250. The summed E-state index contributed by atoms with van der Waals surface area (Å²) in [7, 11) is 0. The molecule has 4 nitrogen and oxygen atoms in total. The molecule has 23 heavy (non-hydrogen) atoms. The van der Waals surface area contributed by atoms with Crippen LogP contribution in [0.25, 0.3) is 5.57 Å². The Morgan fingerprint density at radius 2 is 2.17 bits per heavy atom. The summed E-state index contributed by atoms with van der Waals surface area (Å²) in [5.74, 6) is 0.671. The van der Waals surface area contributed by atoms with Crippen LogP contribution >= 0.6 is 0 Å². The van der Waals surface area contributed by atoms with Gasteiger partial charge >= 0.3 is 6.18 Å². The van der Waals surface area contributed by atoms with E-state index >= 15 is 0 Å². The summed E-state index contributed by atoms with van der Waals surface area (Å²) < 4.78 is 44.1. The lowest BCUT2D eigenvalue weighted by Crippen LogP contribution is -2.17. The third-order valence-corrected chi connectivity index (χ3v) is 3.68. The molecule has 1 unspecified atom stereocenters. The summed E-state index contributed by atoms with van der Waals surface area (Å²) >= 11 is 0. The minimum Gasteiger partial charge on any atom is -0.444 e. The van der Waals surface area contributed by atoms with Crippen molar-refractivity contribution < 1.29 is 17.6 Å². The molecule has 0 fully saturated rings. The Labute approximate surface area is 130 Å². The third-order valence-electron chi connectivity index (χ3n) is 3.68. The van der Waals surface area contributed by atoms with Gasteiger partial charge in [-0.3, -0.25) is 0 Å². The van der Waals surface area contributed by atoms with Crippen molar-refractivity contribution >= 4 is 11.3 Å². The number of oxazole rings is 1. The molecule has 0 saturated carbocycles. The number of aromatic nitrogens is 1. The lowest BCUT2D eigenvalue weighted by molar-refractivity contribution is -0.137. The van der Waals surface area contributed by atoms with E-state index in [9.17, 15) is 13.2 Å². The second kappa shape index (κ2) is 5.80. The van der Waals surface area contributed by atoms with Crippen molar-refractivity contribution in [2.24, 2.45) is 0 Å². The molecule has 0 bridgehead atoms. The van der Waals surface area contributed by atoms with Crippen LogP contribution in [0, 0.1) is 11.3 Å². The summed E-state index contributed by atoms with van der Waals surface area (Å²) in [5.41, 5.74) is 0.0135. The van der Waals surface area contributed by atoms with E-state index in [1.165, 1.54) is 18.5 Å². The number of nitriles is 1. The van der Waals surface area contributed by atoms with Crippen molar-refractivity contribution in [1.82, 2.24) is 4.98 Å². The zero-order chi connectivity index (χ0) is 16.4. The van der Waals surface area contributed by atoms with E-state index in [2.05, 4.69) is 10.3 Å². The van der Waals surface area contributed by atoms with Gasteiger partial charge in [0.2, 0.25) is 0 Å². The second-order valence-electron chi connectivity index (χ2n) is 5.25. The molecule has 0 radical (unpaired) electrons. The highest BCUT2D eigenvalue weighted by atomic mass is 19.4. The number of alkyl halides is 3. The van der Waals surface area contributed by atoms with Crippen LogP contribution in [0.2, 0.25) is 0 Å². The number of anilines is 1. The monoisotopic (exact) mass is 319 g/mol. The molecule has 3 rings (SSSR count). The van der Waals surface area contributed by atoms with E-state index < -0.39 is 11.7 Å². The van der Waals surface area contributed by atoms with Crippen LogP contribution in [0.1, 0.15) is 29.7 Å². The Morgan fingerprint density at radius 1 is 1.35 bits per heavy atom. The van der Waals surface area contributed by atoms with Crippen LogP contribution in [0.5, 0.6) is 0 Å². The molecule has 2 aromatic rings. The lowest BCUT2D eigenvalue weighted by Gasteiger charge is -2.16. The molecule has 7 heteroatoms. The van der Waals surface area contributed by atoms with Gasteiger partial charge in [0.15, 0.2) is 6.39 Å². The number of hydrogen-bond acceptors (Lipinski definition) is 4. The molecule has 0 spiro atoms. The molecule has 0 amide bonds. The summed E-state index contributed by atoms with van der Waals surface area (Å²) in [6, 6.07) is 5.20. The smallest absolute Gasteiger partial charge is 0.417 e. The molecule has 0 saturated heterocycles. The van der Waals surface area contributed by atoms with Crippen molar-refractivity contribution in [1.29, 1.82) is 5.26 Å². The molecule has 1 N–H and O–H groups in total. The molecule has 118 valence electrons. The Morgan fingerprint density at radius 3 is 2.83 bits per heavy atom. The Balaban J connectivity index is 1.74. The molecule has 1 aliphatic carbocycles. The highest BCUT2D eigenvalue weighted by Crippen LogP contribution is 2.35. The average molecular weight is 319 g/mol. The van der Waals surface area contributed by atoms with Gasteiger partial charge in [0.05, 0.1) is 23.4 Å². The summed E-state index contributed by atoms with van der Waals surface area (Å²) in [6.45, 7) is 0. The van der Waals surface area contributed by atoms with Gasteiger partial charge in [-0.15, -0.1) is 0 Å². The zero-order valence-electron chi connectivity index (χ0n) is 11.9. The van der Waals surface area contributed by atoms with Gasteiger partial charge < -0.3 is 9.73 Å². The summed E-state index contributed by atoms with van der Waals surface area (Å²) in [4.78, 5) is 3.85. The molecule has 1 aromatic heterocycles. The van der Waals surface area contributed by atoms with Crippen LogP contribution in [0.15, 0.2) is 41.3 Å². The Kier molecular flexibility index (Phi) is 3.82. The van der Waals surface area contributed by atoms with Crippen molar-refractivity contribution in [2.45, 2.75) is 25.1 Å². The van der Waals surface area contributed by atoms with E-state index in [0.717, 1.165) is 11.6 Å². The number of benzene rings is 1. The third kappa shape index (κ3) is 3.21. The summed E-state index contributed by atoms with van der Waals surface area (Å²) in [6.07, 6.45) is 1.69. The highest BCUT2D eigenvalue weighted by molar-refractivity contribution is 5.65. The Bertz CT molecular complexity index is 773. The van der Waals surface area contributed by atoms with Gasteiger partial charge in [-0.2, -0.15) is 18.4 Å². The van der Waals surface area contributed by atoms with Crippen LogP contribution in [0.4, 0.5) is 18.9 Å². The largest absolute Gasteiger partial charge is 0.444 e. The molecule has 1 aromatic carbocycles. The maximum Gasteiger partial charge on any atom is 0.417 e. The first-order chi connectivity index (χ1) is 11.0. The average Bonchev–Trinajstić information content (AvgIpc) is 3.17. The van der Waals surface area contributed by atoms with E-state index in [4.69, 9.17) is 9.68 Å². The first kappa shape index (κ1) is 15.2. The highest BCUT2D eigenvalue weighted by Gasteiger charge is 2.34. The van der Waals surface area contributed by atoms with Crippen LogP contribution in [-0.4, -0.2) is 11.0 Å². The van der Waals surface area contributed by atoms with Crippen LogP contribution in [0.3, 0.4) is 0 Å².